The summed E-state index contributed by atoms with van der Waals surface area (Å²) in [6.07, 6.45) is 3.53. The van der Waals surface area contributed by atoms with Gasteiger partial charge in [-0.2, -0.15) is 0 Å². The van der Waals surface area contributed by atoms with Gasteiger partial charge in [-0.05, 0) is 50.3 Å². The van der Waals surface area contributed by atoms with Crippen LogP contribution in [0.15, 0.2) is 52.0 Å². The van der Waals surface area contributed by atoms with Crippen molar-refractivity contribution >= 4 is 41.5 Å². The number of aromatic amines is 1. The molecule has 0 unspecified atom stereocenters. The number of H-pyrrole nitrogens is 1. The molecule has 0 spiro atoms. The lowest BCUT2D eigenvalue weighted by Gasteiger charge is -2.21. The summed E-state index contributed by atoms with van der Waals surface area (Å²) in [6.45, 7) is 3.71. The molecule has 30 heavy (non-hydrogen) atoms. The van der Waals surface area contributed by atoms with E-state index >= 15 is 0 Å². The largest absolute Gasteiger partial charge is 0.465 e. The number of ether oxygens (including phenoxy) is 1. The SMILES string of the molecule is CCOC(=O)CN(C(=O)CSc1n[nH]c(/C=C/c2ccc(C)o2)n1)c1ccccc1. The van der Waals surface area contributed by atoms with Crippen molar-refractivity contribution in [3.8, 4) is 0 Å². The molecule has 0 aliphatic rings. The topological polar surface area (TPSA) is 101 Å². The van der Waals surface area contributed by atoms with Gasteiger partial charge in [0.2, 0.25) is 11.1 Å². The molecule has 9 heteroatoms. The summed E-state index contributed by atoms with van der Waals surface area (Å²) in [4.78, 5) is 30.4. The van der Waals surface area contributed by atoms with Crippen molar-refractivity contribution in [1.82, 2.24) is 15.2 Å². The van der Waals surface area contributed by atoms with Crippen molar-refractivity contribution in [2.45, 2.75) is 19.0 Å². The van der Waals surface area contributed by atoms with Crippen LogP contribution in [0.1, 0.15) is 24.3 Å². The number of rotatable bonds is 9. The average molecular weight is 426 g/mol. The van der Waals surface area contributed by atoms with Crippen molar-refractivity contribution in [2.75, 3.05) is 23.8 Å². The van der Waals surface area contributed by atoms with Gasteiger partial charge in [0.25, 0.3) is 0 Å². The van der Waals surface area contributed by atoms with E-state index in [-0.39, 0.29) is 24.8 Å². The third kappa shape index (κ3) is 6.08. The van der Waals surface area contributed by atoms with E-state index in [2.05, 4.69) is 15.2 Å². The predicted molar refractivity (Wildman–Crippen MR) is 115 cm³/mol. The zero-order chi connectivity index (χ0) is 21.3. The maximum Gasteiger partial charge on any atom is 0.326 e. The highest BCUT2D eigenvalue weighted by molar-refractivity contribution is 7.99. The first kappa shape index (κ1) is 21.4. The molecule has 0 radical (unpaired) electrons. The second kappa shape index (κ2) is 10.4. The predicted octanol–water partition coefficient (Wildman–Crippen LogP) is 3.56. The molecule has 0 aliphatic carbocycles. The number of hydrogen-bond donors (Lipinski definition) is 1. The summed E-state index contributed by atoms with van der Waals surface area (Å²) in [5.74, 6) is 1.46. The van der Waals surface area contributed by atoms with Gasteiger partial charge in [-0.3, -0.25) is 14.7 Å². The highest BCUT2D eigenvalue weighted by Gasteiger charge is 2.20. The third-order valence-corrected chi connectivity index (χ3v) is 4.77. The Morgan fingerprint density at radius 2 is 2.00 bits per heavy atom. The number of anilines is 1. The lowest BCUT2D eigenvalue weighted by molar-refractivity contribution is -0.142. The highest BCUT2D eigenvalue weighted by atomic mass is 32.2. The number of furan rings is 1. The van der Waals surface area contributed by atoms with Gasteiger partial charge in [0, 0.05) is 5.69 Å². The fourth-order valence-electron chi connectivity index (χ4n) is 2.57. The summed E-state index contributed by atoms with van der Waals surface area (Å²) in [7, 11) is 0. The maximum absolute atomic E-state index is 12.8. The van der Waals surface area contributed by atoms with Crippen LogP contribution in [-0.2, 0) is 14.3 Å². The molecule has 8 nitrogen and oxygen atoms in total. The molecule has 2 aromatic heterocycles. The number of nitrogens with zero attached hydrogens (tertiary/aromatic N) is 3. The summed E-state index contributed by atoms with van der Waals surface area (Å²) in [6, 6.07) is 12.7. The molecule has 0 saturated carbocycles. The Balaban J connectivity index is 1.61. The fourth-order valence-corrected chi connectivity index (χ4v) is 3.25. The third-order valence-electron chi connectivity index (χ3n) is 3.94. The smallest absolute Gasteiger partial charge is 0.326 e. The van der Waals surface area contributed by atoms with E-state index in [0.717, 1.165) is 5.76 Å². The van der Waals surface area contributed by atoms with Gasteiger partial charge < -0.3 is 14.1 Å². The molecule has 0 atom stereocenters. The molecule has 1 N–H and O–H groups in total. The number of nitrogens with one attached hydrogen (secondary N) is 1. The van der Waals surface area contributed by atoms with E-state index in [9.17, 15) is 9.59 Å². The summed E-state index contributed by atoms with van der Waals surface area (Å²) >= 11 is 1.18. The number of carbonyl (C=O) groups is 2. The van der Waals surface area contributed by atoms with Gasteiger partial charge in [0.05, 0.1) is 12.4 Å². The van der Waals surface area contributed by atoms with Crippen LogP contribution in [-0.4, -0.2) is 46.0 Å². The first-order chi connectivity index (χ1) is 14.5. The number of hydrogen-bond acceptors (Lipinski definition) is 7. The Morgan fingerprint density at radius 3 is 2.70 bits per heavy atom. The van der Waals surface area contributed by atoms with Crippen molar-refractivity contribution in [3.63, 3.8) is 0 Å². The Hall–Kier alpha value is -3.33. The second-order valence-corrected chi connectivity index (χ2v) is 7.14. The van der Waals surface area contributed by atoms with E-state index in [4.69, 9.17) is 9.15 Å². The Kier molecular flexibility index (Phi) is 7.45. The number of aryl methyl sites for hydroxylation is 1. The minimum Gasteiger partial charge on any atom is -0.465 e. The van der Waals surface area contributed by atoms with Gasteiger partial charge in [0.15, 0.2) is 0 Å². The van der Waals surface area contributed by atoms with E-state index in [1.165, 1.54) is 16.7 Å². The van der Waals surface area contributed by atoms with Crippen LogP contribution < -0.4 is 4.90 Å². The first-order valence-electron chi connectivity index (χ1n) is 9.36. The van der Waals surface area contributed by atoms with Crippen LogP contribution in [0.25, 0.3) is 12.2 Å². The van der Waals surface area contributed by atoms with Crippen LogP contribution in [0.3, 0.4) is 0 Å². The van der Waals surface area contributed by atoms with Gasteiger partial charge in [0.1, 0.15) is 23.9 Å². The van der Waals surface area contributed by atoms with Crippen molar-refractivity contribution in [1.29, 1.82) is 0 Å². The Morgan fingerprint density at radius 1 is 1.20 bits per heavy atom. The lowest BCUT2D eigenvalue weighted by Crippen LogP contribution is -2.37. The number of amides is 1. The average Bonchev–Trinajstić information content (AvgIpc) is 3.38. The normalized spacial score (nSPS) is 11.0. The number of benzene rings is 1. The summed E-state index contributed by atoms with van der Waals surface area (Å²) in [5, 5.41) is 7.35. The monoisotopic (exact) mass is 426 g/mol. The molecule has 1 aromatic carbocycles. The second-order valence-electron chi connectivity index (χ2n) is 6.19. The minimum absolute atomic E-state index is 0.0761. The molecule has 156 valence electrons. The van der Waals surface area contributed by atoms with Crippen LogP contribution in [0.4, 0.5) is 5.69 Å². The quantitative estimate of drug-likeness (QED) is 0.412. The van der Waals surface area contributed by atoms with Crippen molar-refractivity contribution in [2.24, 2.45) is 0 Å². The van der Waals surface area contributed by atoms with E-state index in [1.54, 1.807) is 31.2 Å². The molecule has 3 rings (SSSR count). The molecule has 3 aromatic rings. The highest BCUT2D eigenvalue weighted by Crippen LogP contribution is 2.19. The standard InChI is InChI=1S/C21H22N4O4S/c1-3-28-20(27)13-25(16-7-5-4-6-8-16)19(26)14-30-21-22-18(23-24-21)12-11-17-10-9-15(2)29-17/h4-12H,3,13-14H2,1-2H3,(H,22,23,24)/b12-11+. The number of para-hydroxylation sites is 1. The van der Waals surface area contributed by atoms with E-state index < -0.39 is 5.97 Å². The van der Waals surface area contributed by atoms with Gasteiger partial charge >= 0.3 is 5.97 Å². The maximum atomic E-state index is 12.8. The Bertz CT molecular complexity index is 1010. The fraction of sp³-hybridized carbons (Fsp3) is 0.238. The molecule has 1 amide bonds. The van der Waals surface area contributed by atoms with Crippen molar-refractivity contribution in [3.05, 3.63) is 59.8 Å². The van der Waals surface area contributed by atoms with Crippen LogP contribution in [0.5, 0.6) is 0 Å². The summed E-state index contributed by atoms with van der Waals surface area (Å²) in [5.41, 5.74) is 0.628. The Labute approximate surface area is 178 Å². The van der Waals surface area contributed by atoms with E-state index in [1.807, 2.05) is 37.3 Å². The zero-order valence-corrected chi connectivity index (χ0v) is 17.5. The number of carbonyl (C=O) groups excluding carboxylic acids is 2. The zero-order valence-electron chi connectivity index (χ0n) is 16.7. The number of aromatic nitrogens is 3. The minimum atomic E-state index is -0.460. The van der Waals surface area contributed by atoms with Crippen LogP contribution in [0, 0.1) is 6.92 Å². The van der Waals surface area contributed by atoms with Gasteiger partial charge in [-0.25, -0.2) is 4.98 Å². The van der Waals surface area contributed by atoms with Gasteiger partial charge in [-0.15, -0.1) is 5.10 Å². The molecule has 0 fully saturated rings. The van der Waals surface area contributed by atoms with Crippen LogP contribution >= 0.6 is 11.8 Å². The molecular weight excluding hydrogens is 404 g/mol. The van der Waals surface area contributed by atoms with E-state index in [0.29, 0.717) is 22.4 Å². The molecule has 0 aliphatic heterocycles. The van der Waals surface area contributed by atoms with Gasteiger partial charge in [-0.1, -0.05) is 30.0 Å². The molecule has 2 heterocycles. The molecule has 0 bridgehead atoms. The number of esters is 1. The first-order valence-corrected chi connectivity index (χ1v) is 10.3. The van der Waals surface area contributed by atoms with Crippen LogP contribution in [0.2, 0.25) is 0 Å². The number of thioether (sulfide) groups is 1. The molecular formula is C21H22N4O4S. The summed E-state index contributed by atoms with van der Waals surface area (Å²) < 4.78 is 10.5. The van der Waals surface area contributed by atoms with Crippen molar-refractivity contribution < 1.29 is 18.7 Å². The molecule has 0 saturated heterocycles. The lowest BCUT2D eigenvalue weighted by atomic mass is 10.3.